The Morgan fingerprint density at radius 1 is 1.15 bits per heavy atom. The quantitative estimate of drug-likeness (QED) is 0.257. The Morgan fingerprint density at radius 2 is 1.73 bits per heavy atom. The van der Waals surface area contributed by atoms with Crippen LogP contribution in [0.1, 0.15) is 18.4 Å². The lowest BCUT2D eigenvalue weighted by Crippen LogP contribution is -2.34. The number of hydrogen-bond acceptors (Lipinski definition) is 6. The Kier molecular flexibility index (Phi) is 7.40. The summed E-state index contributed by atoms with van der Waals surface area (Å²) < 4.78 is 63.8. The Hall–Kier alpha value is -1.88. The maximum absolute atomic E-state index is 12.9. The van der Waals surface area contributed by atoms with Crippen molar-refractivity contribution in [2.45, 2.75) is 24.4 Å². The Bertz CT molecular complexity index is 799. The van der Waals surface area contributed by atoms with E-state index in [0.29, 0.717) is 11.0 Å². The Labute approximate surface area is 152 Å². The fourth-order valence-corrected chi connectivity index (χ4v) is 1.90. The average Bonchev–Trinajstić information content (AvgIpc) is 2.52. The van der Waals surface area contributed by atoms with Crippen molar-refractivity contribution in [3.05, 3.63) is 17.7 Å². The summed E-state index contributed by atoms with van der Waals surface area (Å²) in [5.41, 5.74) is 0.673. The minimum Gasteiger partial charge on any atom is -0.458 e. The summed E-state index contributed by atoms with van der Waals surface area (Å²) in [6, 6.07) is 2.76. The second-order valence-corrected chi connectivity index (χ2v) is 6.60. The van der Waals surface area contributed by atoms with Gasteiger partial charge in [-0.1, -0.05) is 29.4 Å². The molecule has 1 N–H and O–H groups in total. The second kappa shape index (κ2) is 8.67. The van der Waals surface area contributed by atoms with E-state index < -0.39 is 46.8 Å². The first-order valence-electron chi connectivity index (χ1n) is 6.96. The van der Waals surface area contributed by atoms with E-state index in [9.17, 15) is 26.8 Å². The fraction of sp³-hybridized carbons (Fsp3) is 0.385. The molecule has 0 bridgehead atoms. The highest BCUT2D eigenvalue weighted by Gasteiger charge is 2.45. The molecule has 0 aliphatic rings. The summed E-state index contributed by atoms with van der Waals surface area (Å²) in [4.78, 5) is 23.0. The zero-order valence-electron chi connectivity index (χ0n) is 13.3. The number of rotatable bonds is 8. The van der Waals surface area contributed by atoms with Crippen molar-refractivity contribution in [3.8, 4) is 5.75 Å². The Balaban J connectivity index is 2.59. The molecule has 0 saturated heterocycles. The summed E-state index contributed by atoms with van der Waals surface area (Å²) in [5, 5.41) is -4.66. The minimum atomic E-state index is -5.72. The van der Waals surface area contributed by atoms with Gasteiger partial charge in [0, 0.05) is 0 Å². The zero-order chi connectivity index (χ0) is 20.1. The van der Waals surface area contributed by atoms with Crippen LogP contribution in [0.15, 0.2) is 12.1 Å². The lowest BCUT2D eigenvalue weighted by Gasteiger charge is -2.14. The molecule has 1 rings (SSSR count). The third-order valence-corrected chi connectivity index (χ3v) is 3.84. The van der Waals surface area contributed by atoms with Gasteiger partial charge in [0.25, 0.3) is 0 Å². The third kappa shape index (κ3) is 6.13. The predicted octanol–water partition coefficient (Wildman–Crippen LogP) is -1.35. The number of halogens is 2. The zero-order valence-corrected chi connectivity index (χ0v) is 14.1. The Morgan fingerprint density at radius 3 is 2.27 bits per heavy atom. The summed E-state index contributed by atoms with van der Waals surface area (Å²) in [6.45, 7) is -1.89. The van der Waals surface area contributed by atoms with Gasteiger partial charge >= 0.3 is 27.3 Å². The molecule has 13 heteroatoms. The van der Waals surface area contributed by atoms with Crippen LogP contribution in [0.25, 0.3) is 0 Å². The minimum absolute atomic E-state index is 0.0363. The van der Waals surface area contributed by atoms with Crippen LogP contribution in [0, 0.1) is 0 Å². The number of carbonyl (C=O) groups is 2. The molecule has 0 aromatic heterocycles. The molecule has 1 aromatic carbocycles. The van der Waals surface area contributed by atoms with Crippen LogP contribution >= 0.6 is 0 Å². The third-order valence-electron chi connectivity index (χ3n) is 2.96. The van der Waals surface area contributed by atoms with Gasteiger partial charge in [0.1, 0.15) is 21.4 Å². The summed E-state index contributed by atoms with van der Waals surface area (Å²) in [6.07, 6.45) is -1.28. The van der Waals surface area contributed by atoms with Crippen LogP contribution in [0.3, 0.4) is 0 Å². The van der Waals surface area contributed by atoms with Gasteiger partial charge in [-0.25, -0.2) is 0 Å². The molecule has 0 aliphatic heterocycles. The highest BCUT2D eigenvalue weighted by atomic mass is 32.2. The lowest BCUT2D eigenvalue weighted by atomic mass is 9.81. The van der Waals surface area contributed by atoms with Gasteiger partial charge < -0.3 is 9.47 Å². The first-order chi connectivity index (χ1) is 11.9. The molecule has 7 nitrogen and oxygen atoms in total. The normalized spacial score (nSPS) is 11.8. The van der Waals surface area contributed by atoms with E-state index in [2.05, 4.69) is 4.74 Å². The van der Waals surface area contributed by atoms with Gasteiger partial charge in [0.2, 0.25) is 0 Å². The predicted molar refractivity (Wildman–Crippen MR) is 89.0 cm³/mol. The maximum Gasteiger partial charge on any atom is 0.402 e. The first kappa shape index (κ1) is 22.2. The number of alkyl halides is 2. The molecule has 6 radical (unpaired) electrons. The van der Waals surface area contributed by atoms with Gasteiger partial charge in [0.15, 0.2) is 6.61 Å². The molecule has 1 aromatic rings. The monoisotopic (exact) mass is 382 g/mol. The smallest absolute Gasteiger partial charge is 0.402 e. The molecule has 0 atom stereocenters. The molecule has 0 aliphatic carbocycles. The van der Waals surface area contributed by atoms with Crippen LogP contribution in [0.5, 0.6) is 5.75 Å². The van der Waals surface area contributed by atoms with E-state index in [0.717, 1.165) is 0 Å². The van der Waals surface area contributed by atoms with E-state index in [1.807, 2.05) is 0 Å². The molecule has 0 spiro atoms. The van der Waals surface area contributed by atoms with Crippen molar-refractivity contribution < 1.29 is 40.8 Å². The summed E-state index contributed by atoms with van der Waals surface area (Å²) >= 11 is 0. The average molecular weight is 382 g/mol. The van der Waals surface area contributed by atoms with Gasteiger partial charge in [-0.3, -0.25) is 14.1 Å². The van der Waals surface area contributed by atoms with E-state index in [-0.39, 0.29) is 17.5 Å². The standard InChI is InChI=1S/C13H11B3F2O7S/c14-5-7-3-8(15)4-9(16)12(7)25-11(20)2-1-10(19)24-6-13(17,18)26(21,22)23/h3-4H,1-2,5-6H2,(H,21,22,23). The van der Waals surface area contributed by atoms with E-state index >= 15 is 0 Å². The molecule has 0 heterocycles. The van der Waals surface area contributed by atoms with Gasteiger partial charge in [-0.2, -0.15) is 17.2 Å². The number of hydrogen-bond donors (Lipinski definition) is 1. The molecular weight excluding hydrogens is 371 g/mol. The van der Waals surface area contributed by atoms with Crippen molar-refractivity contribution in [3.63, 3.8) is 0 Å². The van der Waals surface area contributed by atoms with Crippen LogP contribution in [0.2, 0.25) is 0 Å². The van der Waals surface area contributed by atoms with E-state index in [1.165, 1.54) is 12.1 Å². The van der Waals surface area contributed by atoms with Crippen LogP contribution in [0.4, 0.5) is 8.78 Å². The van der Waals surface area contributed by atoms with E-state index in [4.69, 9.17) is 32.8 Å². The van der Waals surface area contributed by atoms with Crippen molar-refractivity contribution in [2.75, 3.05) is 6.61 Å². The molecular formula is C13H11B3F2O7S. The maximum atomic E-state index is 12.9. The topological polar surface area (TPSA) is 107 Å². The molecule has 0 saturated carbocycles. The second-order valence-electron chi connectivity index (χ2n) is 5.05. The molecule has 134 valence electrons. The lowest BCUT2D eigenvalue weighted by molar-refractivity contribution is -0.151. The van der Waals surface area contributed by atoms with Gasteiger partial charge in [-0.15, -0.1) is 0 Å². The summed E-state index contributed by atoms with van der Waals surface area (Å²) in [7, 11) is 11.0. The van der Waals surface area contributed by atoms with Crippen LogP contribution in [-0.4, -0.2) is 60.3 Å². The van der Waals surface area contributed by atoms with Crippen LogP contribution in [-0.2, 0) is 30.8 Å². The van der Waals surface area contributed by atoms with Crippen molar-refractivity contribution in [1.29, 1.82) is 0 Å². The first-order valence-corrected chi connectivity index (χ1v) is 8.40. The van der Waals surface area contributed by atoms with E-state index in [1.54, 1.807) is 0 Å². The number of esters is 2. The molecule has 0 fully saturated rings. The van der Waals surface area contributed by atoms with Crippen molar-refractivity contribution in [1.82, 2.24) is 0 Å². The van der Waals surface area contributed by atoms with Crippen LogP contribution < -0.4 is 15.7 Å². The highest BCUT2D eigenvalue weighted by molar-refractivity contribution is 7.86. The fourth-order valence-electron chi connectivity index (χ4n) is 1.70. The molecule has 26 heavy (non-hydrogen) atoms. The van der Waals surface area contributed by atoms with Gasteiger partial charge in [0.05, 0.1) is 20.7 Å². The highest BCUT2D eigenvalue weighted by Crippen LogP contribution is 2.21. The van der Waals surface area contributed by atoms with Gasteiger partial charge in [-0.05, 0) is 5.56 Å². The number of benzene rings is 1. The SMILES string of the molecule is [B]Cc1cc([B])cc([B])c1OC(=O)CCC(=O)OCC(F)(F)S(=O)(=O)O. The number of carbonyl (C=O) groups excluding carboxylic acids is 2. The van der Waals surface area contributed by atoms with Crippen molar-refractivity contribution >= 4 is 56.5 Å². The molecule has 0 amide bonds. The summed E-state index contributed by atoms with van der Waals surface area (Å²) in [5.74, 6) is -2.28. The number of ether oxygens (including phenoxy) is 2. The molecule has 0 unspecified atom stereocenters. The largest absolute Gasteiger partial charge is 0.458 e. The van der Waals surface area contributed by atoms with Crippen molar-refractivity contribution in [2.24, 2.45) is 0 Å².